The van der Waals surface area contributed by atoms with Gasteiger partial charge in [-0.25, -0.2) is 18.1 Å². The fraction of sp³-hybridized carbons (Fsp3) is 0.211. The standard InChI is InChI=1S/C19H19N3O2S/c23-25(24,18-9-5-7-15-6-1-2-8-17(15)18)21-16-11-13-22(14-16)19-10-3-4-12-20-19/h1-10,12,16,21H,11,13-14H2/t16-/m0/s1. The Morgan fingerprint density at radius 2 is 1.80 bits per heavy atom. The third-order valence-corrected chi connectivity index (χ3v) is 6.10. The first-order chi connectivity index (χ1) is 12.1. The zero-order valence-electron chi connectivity index (χ0n) is 13.7. The number of rotatable bonds is 4. The Hall–Kier alpha value is -2.44. The molecule has 0 radical (unpaired) electrons. The molecule has 1 aliphatic heterocycles. The molecule has 2 heterocycles. The van der Waals surface area contributed by atoms with Gasteiger partial charge in [0.1, 0.15) is 5.82 Å². The van der Waals surface area contributed by atoms with Crippen LogP contribution >= 0.6 is 0 Å². The van der Waals surface area contributed by atoms with Crippen LogP contribution in [0.15, 0.2) is 71.8 Å². The van der Waals surface area contributed by atoms with E-state index in [0.717, 1.165) is 29.6 Å². The summed E-state index contributed by atoms with van der Waals surface area (Å²) in [5, 5.41) is 1.67. The SMILES string of the molecule is O=S(=O)(N[C@H]1CCN(c2ccccn2)C1)c1cccc2ccccc12. The number of aromatic nitrogens is 1. The second-order valence-electron chi connectivity index (χ2n) is 6.22. The summed E-state index contributed by atoms with van der Waals surface area (Å²) in [6.07, 6.45) is 2.52. The van der Waals surface area contributed by atoms with Crippen molar-refractivity contribution in [2.75, 3.05) is 18.0 Å². The van der Waals surface area contributed by atoms with Crippen molar-refractivity contribution >= 4 is 26.6 Å². The lowest BCUT2D eigenvalue weighted by molar-refractivity contribution is 0.562. The van der Waals surface area contributed by atoms with E-state index in [0.29, 0.717) is 11.4 Å². The highest BCUT2D eigenvalue weighted by atomic mass is 32.2. The van der Waals surface area contributed by atoms with Crippen molar-refractivity contribution in [3.05, 3.63) is 66.9 Å². The highest BCUT2D eigenvalue weighted by molar-refractivity contribution is 7.89. The summed E-state index contributed by atoms with van der Waals surface area (Å²) in [6.45, 7) is 1.42. The van der Waals surface area contributed by atoms with Crippen LogP contribution in [0, 0.1) is 0 Å². The Labute approximate surface area is 147 Å². The minimum Gasteiger partial charge on any atom is -0.355 e. The van der Waals surface area contributed by atoms with Crippen LogP contribution in [0.1, 0.15) is 6.42 Å². The van der Waals surface area contributed by atoms with E-state index in [1.54, 1.807) is 18.3 Å². The molecule has 0 spiro atoms. The van der Waals surface area contributed by atoms with Crippen molar-refractivity contribution in [3.8, 4) is 0 Å². The third-order valence-electron chi connectivity index (χ3n) is 4.52. The molecule has 5 nitrogen and oxygen atoms in total. The summed E-state index contributed by atoms with van der Waals surface area (Å²) in [5.74, 6) is 0.884. The van der Waals surface area contributed by atoms with Crippen molar-refractivity contribution in [1.29, 1.82) is 0 Å². The second-order valence-corrected chi connectivity index (χ2v) is 7.90. The predicted molar refractivity (Wildman–Crippen MR) is 99.1 cm³/mol. The topological polar surface area (TPSA) is 62.3 Å². The molecule has 1 aromatic heterocycles. The van der Waals surface area contributed by atoms with Gasteiger partial charge >= 0.3 is 0 Å². The summed E-state index contributed by atoms with van der Waals surface area (Å²) in [6, 6.07) is 18.6. The molecule has 0 unspecified atom stereocenters. The Balaban J connectivity index is 1.56. The van der Waals surface area contributed by atoms with Crippen LogP contribution in [0.2, 0.25) is 0 Å². The Bertz CT molecular complexity index is 984. The van der Waals surface area contributed by atoms with Gasteiger partial charge < -0.3 is 4.90 Å². The van der Waals surface area contributed by atoms with Crippen LogP contribution in [-0.4, -0.2) is 32.5 Å². The molecule has 4 rings (SSSR count). The quantitative estimate of drug-likeness (QED) is 0.783. The van der Waals surface area contributed by atoms with Gasteiger partial charge in [-0.1, -0.05) is 42.5 Å². The maximum absolute atomic E-state index is 12.9. The molecule has 25 heavy (non-hydrogen) atoms. The molecular weight excluding hydrogens is 334 g/mol. The Morgan fingerprint density at radius 3 is 2.64 bits per heavy atom. The van der Waals surface area contributed by atoms with E-state index in [2.05, 4.69) is 14.6 Å². The normalized spacial score (nSPS) is 17.9. The average molecular weight is 353 g/mol. The molecule has 0 bridgehead atoms. The summed E-state index contributed by atoms with van der Waals surface area (Å²) in [4.78, 5) is 6.78. The number of nitrogens with zero attached hydrogens (tertiary/aromatic N) is 2. The van der Waals surface area contributed by atoms with Gasteiger partial charge in [0.15, 0.2) is 0 Å². The minimum absolute atomic E-state index is 0.119. The monoisotopic (exact) mass is 353 g/mol. The van der Waals surface area contributed by atoms with E-state index in [-0.39, 0.29) is 6.04 Å². The van der Waals surface area contributed by atoms with Crippen LogP contribution < -0.4 is 9.62 Å². The van der Waals surface area contributed by atoms with Crippen LogP contribution in [0.5, 0.6) is 0 Å². The van der Waals surface area contributed by atoms with Gasteiger partial charge in [0.25, 0.3) is 0 Å². The molecule has 0 saturated carbocycles. The van der Waals surface area contributed by atoms with Crippen molar-refractivity contribution in [3.63, 3.8) is 0 Å². The van der Waals surface area contributed by atoms with Crippen LogP contribution in [0.4, 0.5) is 5.82 Å². The second kappa shape index (κ2) is 6.46. The molecule has 1 N–H and O–H groups in total. The first-order valence-electron chi connectivity index (χ1n) is 8.29. The maximum atomic E-state index is 12.9. The Morgan fingerprint density at radius 1 is 1.00 bits per heavy atom. The molecule has 2 aromatic carbocycles. The van der Waals surface area contributed by atoms with E-state index >= 15 is 0 Å². The van der Waals surface area contributed by atoms with E-state index in [4.69, 9.17) is 0 Å². The fourth-order valence-corrected chi connectivity index (χ4v) is 4.81. The average Bonchev–Trinajstić information content (AvgIpc) is 3.10. The predicted octanol–water partition coefficient (Wildman–Crippen LogP) is 2.79. The lowest BCUT2D eigenvalue weighted by Crippen LogP contribution is -2.37. The number of nitrogens with one attached hydrogen (secondary N) is 1. The van der Waals surface area contributed by atoms with Crippen LogP contribution in [-0.2, 0) is 10.0 Å². The molecule has 0 amide bonds. The summed E-state index contributed by atoms with van der Waals surface area (Å²) in [5.41, 5.74) is 0. The van der Waals surface area contributed by atoms with E-state index in [1.807, 2.05) is 48.5 Å². The zero-order chi connectivity index (χ0) is 17.3. The van der Waals surface area contributed by atoms with Crippen LogP contribution in [0.25, 0.3) is 10.8 Å². The first-order valence-corrected chi connectivity index (χ1v) is 9.78. The summed E-state index contributed by atoms with van der Waals surface area (Å²) < 4.78 is 28.7. The Kier molecular flexibility index (Phi) is 4.15. The van der Waals surface area contributed by atoms with E-state index < -0.39 is 10.0 Å². The molecule has 1 saturated heterocycles. The molecule has 6 heteroatoms. The van der Waals surface area contributed by atoms with Gasteiger partial charge in [-0.3, -0.25) is 0 Å². The van der Waals surface area contributed by atoms with Crippen molar-refractivity contribution in [2.45, 2.75) is 17.4 Å². The smallest absolute Gasteiger partial charge is 0.241 e. The lowest BCUT2D eigenvalue weighted by atomic mass is 10.1. The molecule has 3 aromatic rings. The van der Waals surface area contributed by atoms with Crippen LogP contribution in [0.3, 0.4) is 0 Å². The minimum atomic E-state index is -3.57. The number of sulfonamides is 1. The molecule has 0 aliphatic carbocycles. The maximum Gasteiger partial charge on any atom is 0.241 e. The highest BCUT2D eigenvalue weighted by Gasteiger charge is 2.28. The molecule has 1 aliphatic rings. The number of hydrogen-bond acceptors (Lipinski definition) is 4. The zero-order valence-corrected chi connectivity index (χ0v) is 14.5. The van der Waals surface area contributed by atoms with E-state index in [9.17, 15) is 8.42 Å². The van der Waals surface area contributed by atoms with Gasteiger partial charge in [0.2, 0.25) is 10.0 Å². The van der Waals surface area contributed by atoms with Crippen molar-refractivity contribution in [1.82, 2.24) is 9.71 Å². The largest absolute Gasteiger partial charge is 0.355 e. The van der Waals surface area contributed by atoms with Crippen molar-refractivity contribution in [2.24, 2.45) is 0 Å². The number of hydrogen-bond donors (Lipinski definition) is 1. The number of pyridine rings is 1. The third kappa shape index (κ3) is 3.23. The summed E-state index contributed by atoms with van der Waals surface area (Å²) >= 11 is 0. The van der Waals surface area contributed by atoms with Crippen molar-refractivity contribution < 1.29 is 8.42 Å². The highest BCUT2D eigenvalue weighted by Crippen LogP contribution is 2.24. The molecule has 1 atom stereocenters. The summed E-state index contributed by atoms with van der Waals surface area (Å²) in [7, 11) is -3.57. The van der Waals surface area contributed by atoms with Gasteiger partial charge in [-0.15, -0.1) is 0 Å². The van der Waals surface area contributed by atoms with E-state index in [1.165, 1.54) is 0 Å². The number of fused-ring (bicyclic) bond motifs is 1. The van der Waals surface area contributed by atoms with Gasteiger partial charge in [0.05, 0.1) is 4.90 Å². The fourth-order valence-electron chi connectivity index (χ4n) is 3.32. The number of anilines is 1. The lowest BCUT2D eigenvalue weighted by Gasteiger charge is -2.18. The molecule has 1 fully saturated rings. The van der Waals surface area contributed by atoms with Gasteiger partial charge in [-0.2, -0.15) is 0 Å². The van der Waals surface area contributed by atoms with Gasteiger partial charge in [-0.05, 0) is 30.0 Å². The van der Waals surface area contributed by atoms with Gasteiger partial charge in [0, 0.05) is 30.7 Å². The molecule has 128 valence electrons. The first kappa shape index (κ1) is 16.1. The molecular formula is C19H19N3O2S. The number of benzene rings is 2.